The summed E-state index contributed by atoms with van der Waals surface area (Å²) in [4.78, 5) is 17.6. The van der Waals surface area contributed by atoms with Gasteiger partial charge < -0.3 is 9.64 Å². The van der Waals surface area contributed by atoms with E-state index in [2.05, 4.69) is 53.5 Å². The minimum absolute atomic E-state index is 0.102. The van der Waals surface area contributed by atoms with Crippen LogP contribution in [-0.4, -0.2) is 56.2 Å². The number of rotatable bonds is 6. The summed E-state index contributed by atoms with van der Waals surface area (Å²) in [6.07, 6.45) is 0.934. The standard InChI is InChI=1S/C24H31N3O2/c1-18-7-9-20(10-8-18)22(17-26-13-15-29-16-14-26)25-19(2)24(28)27-12-11-21-5-3-4-6-23(21)27/h3-10,19,22,25H,11-17H2,1-2H3/t19-,22-/m0/s1. The lowest BCUT2D eigenvalue weighted by Gasteiger charge is -2.33. The Bertz CT molecular complexity index is 830. The van der Waals surface area contributed by atoms with Gasteiger partial charge in [0.1, 0.15) is 0 Å². The van der Waals surface area contributed by atoms with Crippen LogP contribution in [0.4, 0.5) is 5.69 Å². The van der Waals surface area contributed by atoms with Crippen molar-refractivity contribution < 1.29 is 9.53 Å². The molecule has 29 heavy (non-hydrogen) atoms. The van der Waals surface area contributed by atoms with Gasteiger partial charge in [-0.2, -0.15) is 0 Å². The lowest BCUT2D eigenvalue weighted by atomic mass is 10.0. The normalized spacial score (nSPS) is 19.0. The third-order valence-electron chi connectivity index (χ3n) is 6.00. The quantitative estimate of drug-likeness (QED) is 0.820. The van der Waals surface area contributed by atoms with Crippen LogP contribution in [0.25, 0.3) is 0 Å². The maximum Gasteiger partial charge on any atom is 0.243 e. The zero-order valence-corrected chi connectivity index (χ0v) is 17.4. The molecule has 2 aromatic carbocycles. The van der Waals surface area contributed by atoms with Crippen LogP contribution in [0.5, 0.6) is 0 Å². The number of anilines is 1. The first-order valence-corrected chi connectivity index (χ1v) is 10.6. The van der Waals surface area contributed by atoms with Crippen molar-refractivity contribution in [2.24, 2.45) is 0 Å². The first-order valence-electron chi connectivity index (χ1n) is 10.6. The van der Waals surface area contributed by atoms with E-state index in [1.165, 1.54) is 16.7 Å². The maximum atomic E-state index is 13.3. The number of amides is 1. The van der Waals surface area contributed by atoms with Crippen LogP contribution >= 0.6 is 0 Å². The van der Waals surface area contributed by atoms with E-state index in [-0.39, 0.29) is 18.0 Å². The van der Waals surface area contributed by atoms with E-state index in [4.69, 9.17) is 4.74 Å². The van der Waals surface area contributed by atoms with Crippen LogP contribution < -0.4 is 10.2 Å². The van der Waals surface area contributed by atoms with Crippen molar-refractivity contribution in [3.63, 3.8) is 0 Å². The first-order chi connectivity index (χ1) is 14.1. The molecule has 1 amide bonds. The molecule has 0 aliphatic carbocycles. The average Bonchev–Trinajstić information content (AvgIpc) is 3.18. The molecule has 2 heterocycles. The predicted octanol–water partition coefficient (Wildman–Crippen LogP) is 2.94. The molecule has 1 fully saturated rings. The molecule has 2 aromatic rings. The Morgan fingerprint density at radius 3 is 2.55 bits per heavy atom. The van der Waals surface area contributed by atoms with Crippen LogP contribution in [-0.2, 0) is 16.0 Å². The van der Waals surface area contributed by atoms with Crippen molar-refractivity contribution in [1.29, 1.82) is 0 Å². The summed E-state index contributed by atoms with van der Waals surface area (Å²) in [5.41, 5.74) is 4.79. The molecule has 0 aromatic heterocycles. The summed E-state index contributed by atoms with van der Waals surface area (Å²) in [5.74, 6) is 0.147. The van der Waals surface area contributed by atoms with Crippen LogP contribution in [0.3, 0.4) is 0 Å². The largest absolute Gasteiger partial charge is 0.379 e. The molecule has 0 bridgehead atoms. The molecule has 0 spiro atoms. The molecule has 0 radical (unpaired) electrons. The molecular weight excluding hydrogens is 362 g/mol. The van der Waals surface area contributed by atoms with Gasteiger partial charge in [-0.1, -0.05) is 48.0 Å². The number of ether oxygens (including phenoxy) is 1. The predicted molar refractivity (Wildman–Crippen MR) is 116 cm³/mol. The fourth-order valence-corrected chi connectivity index (χ4v) is 4.27. The fraction of sp³-hybridized carbons (Fsp3) is 0.458. The van der Waals surface area contributed by atoms with Crippen LogP contribution in [0, 0.1) is 6.92 Å². The summed E-state index contributed by atoms with van der Waals surface area (Å²) in [6, 6.07) is 16.7. The number of carbonyl (C=O) groups excluding carboxylic acids is 1. The summed E-state index contributed by atoms with van der Waals surface area (Å²) in [7, 11) is 0. The van der Waals surface area contributed by atoms with Crippen molar-refractivity contribution in [3.05, 3.63) is 65.2 Å². The second-order valence-electron chi connectivity index (χ2n) is 8.13. The highest BCUT2D eigenvalue weighted by Crippen LogP contribution is 2.28. The van der Waals surface area contributed by atoms with Gasteiger partial charge in [-0.25, -0.2) is 0 Å². The van der Waals surface area contributed by atoms with Crippen molar-refractivity contribution in [3.8, 4) is 0 Å². The zero-order chi connectivity index (χ0) is 20.2. The highest BCUT2D eigenvalue weighted by Gasteiger charge is 2.29. The highest BCUT2D eigenvalue weighted by molar-refractivity contribution is 5.98. The van der Waals surface area contributed by atoms with Gasteiger partial charge in [0.15, 0.2) is 0 Å². The number of benzene rings is 2. The van der Waals surface area contributed by atoms with E-state index in [9.17, 15) is 4.79 Å². The molecule has 2 aliphatic heterocycles. The van der Waals surface area contributed by atoms with Gasteiger partial charge in [-0.05, 0) is 37.5 Å². The fourth-order valence-electron chi connectivity index (χ4n) is 4.27. The second-order valence-corrected chi connectivity index (χ2v) is 8.13. The Morgan fingerprint density at radius 1 is 1.07 bits per heavy atom. The number of carbonyl (C=O) groups is 1. The molecule has 1 N–H and O–H groups in total. The summed E-state index contributed by atoms with van der Waals surface area (Å²) in [5, 5.41) is 3.63. The van der Waals surface area contributed by atoms with E-state index in [0.717, 1.165) is 51.5 Å². The monoisotopic (exact) mass is 393 g/mol. The molecule has 2 atom stereocenters. The van der Waals surface area contributed by atoms with Gasteiger partial charge in [0.05, 0.1) is 19.3 Å². The molecule has 2 aliphatic rings. The minimum Gasteiger partial charge on any atom is -0.379 e. The van der Waals surface area contributed by atoms with Crippen LogP contribution in [0.2, 0.25) is 0 Å². The van der Waals surface area contributed by atoms with Gasteiger partial charge in [-0.3, -0.25) is 15.0 Å². The Hall–Kier alpha value is -2.21. The number of nitrogens with one attached hydrogen (secondary N) is 1. The van der Waals surface area contributed by atoms with E-state index in [0.29, 0.717) is 0 Å². The number of aryl methyl sites for hydroxylation is 1. The SMILES string of the molecule is Cc1ccc([C@H](CN2CCOCC2)N[C@@H](C)C(=O)N2CCc3ccccc32)cc1. The van der Waals surface area contributed by atoms with Gasteiger partial charge in [-0.15, -0.1) is 0 Å². The van der Waals surface area contributed by atoms with E-state index >= 15 is 0 Å². The Labute approximate surface area is 173 Å². The smallest absolute Gasteiger partial charge is 0.243 e. The van der Waals surface area contributed by atoms with Crippen molar-refractivity contribution in [1.82, 2.24) is 10.2 Å². The number of fused-ring (bicyclic) bond motifs is 1. The molecular formula is C24H31N3O2. The molecule has 5 heteroatoms. The Kier molecular flexibility index (Phi) is 6.28. The summed E-state index contributed by atoms with van der Waals surface area (Å²) < 4.78 is 5.50. The molecule has 1 saturated heterocycles. The van der Waals surface area contributed by atoms with Crippen molar-refractivity contribution >= 4 is 11.6 Å². The molecule has 154 valence electrons. The number of morpholine rings is 1. The van der Waals surface area contributed by atoms with E-state index in [1.807, 2.05) is 24.0 Å². The van der Waals surface area contributed by atoms with Crippen molar-refractivity contribution in [2.45, 2.75) is 32.4 Å². The molecule has 4 rings (SSSR count). The molecule has 5 nitrogen and oxygen atoms in total. The Balaban J connectivity index is 1.48. The topological polar surface area (TPSA) is 44.8 Å². The van der Waals surface area contributed by atoms with Crippen LogP contribution in [0.1, 0.15) is 29.7 Å². The summed E-state index contributed by atoms with van der Waals surface area (Å²) in [6.45, 7) is 9.16. The third kappa shape index (κ3) is 4.69. The molecule has 0 saturated carbocycles. The number of para-hydroxylation sites is 1. The number of nitrogens with zero attached hydrogens (tertiary/aromatic N) is 2. The van der Waals surface area contributed by atoms with Gasteiger partial charge in [0.2, 0.25) is 5.91 Å². The van der Waals surface area contributed by atoms with E-state index < -0.39 is 0 Å². The lowest BCUT2D eigenvalue weighted by molar-refractivity contribution is -0.120. The maximum absolute atomic E-state index is 13.3. The summed E-state index contributed by atoms with van der Waals surface area (Å²) >= 11 is 0. The third-order valence-corrected chi connectivity index (χ3v) is 6.00. The second kappa shape index (κ2) is 9.08. The van der Waals surface area contributed by atoms with Gasteiger partial charge in [0, 0.05) is 37.9 Å². The van der Waals surface area contributed by atoms with Crippen LogP contribution in [0.15, 0.2) is 48.5 Å². The average molecular weight is 394 g/mol. The van der Waals surface area contributed by atoms with Gasteiger partial charge in [0.25, 0.3) is 0 Å². The number of hydrogen-bond donors (Lipinski definition) is 1. The zero-order valence-electron chi connectivity index (χ0n) is 17.4. The van der Waals surface area contributed by atoms with Gasteiger partial charge >= 0.3 is 0 Å². The molecule has 0 unspecified atom stereocenters. The lowest BCUT2D eigenvalue weighted by Crippen LogP contribution is -2.49. The minimum atomic E-state index is -0.256. The van der Waals surface area contributed by atoms with Crippen molar-refractivity contribution in [2.75, 3.05) is 44.3 Å². The Morgan fingerprint density at radius 2 is 1.79 bits per heavy atom. The number of hydrogen-bond acceptors (Lipinski definition) is 4. The van der Waals surface area contributed by atoms with E-state index in [1.54, 1.807) is 0 Å². The first kappa shape index (κ1) is 20.1. The highest BCUT2D eigenvalue weighted by atomic mass is 16.5.